The zero-order valence-corrected chi connectivity index (χ0v) is 13.9. The number of rotatable bonds is 6. The van der Waals surface area contributed by atoms with E-state index in [1.165, 1.54) is 36.4 Å². The fraction of sp³-hybridized carbons (Fsp3) is 0.0500. The van der Waals surface area contributed by atoms with Crippen molar-refractivity contribution in [3.63, 3.8) is 0 Å². The topological polar surface area (TPSA) is 101 Å². The van der Waals surface area contributed by atoms with Gasteiger partial charge in [0.2, 0.25) is 5.78 Å². The van der Waals surface area contributed by atoms with Crippen LogP contribution in [0.2, 0.25) is 0 Å². The normalized spacial score (nSPS) is 11.4. The number of hydrogen-bond donors (Lipinski definition) is 2. The average molecular weight is 367 g/mol. The number of ketones is 1. The molecular formula is C20H14FNO5. The molecule has 2 aromatic heterocycles. The van der Waals surface area contributed by atoms with Crippen molar-refractivity contribution in [2.24, 2.45) is 0 Å². The van der Waals surface area contributed by atoms with E-state index in [1.54, 1.807) is 18.2 Å². The number of carbonyl (C=O) groups excluding carboxylic acids is 1. The molecule has 3 rings (SSSR count). The van der Waals surface area contributed by atoms with Crippen LogP contribution in [0.5, 0.6) is 0 Å². The molecule has 0 spiro atoms. The number of carbonyl (C=O) groups is 2. The van der Waals surface area contributed by atoms with Crippen LogP contribution >= 0.6 is 0 Å². The molecule has 1 aromatic carbocycles. The largest absolute Gasteiger partial charge is 0.506 e. The first-order chi connectivity index (χ1) is 12.9. The van der Waals surface area contributed by atoms with Gasteiger partial charge in [0.1, 0.15) is 28.7 Å². The standard InChI is InChI=1S/C20H14FNO5/c21-13-6-4-12(5-7-13)10-14-8-9-19(27-14)18(24)11-17(23)15-2-1-3-16(22-15)20(25)26/h1-9,11,23H,10H2,(H,25,26). The molecule has 0 aliphatic heterocycles. The van der Waals surface area contributed by atoms with Crippen molar-refractivity contribution in [2.75, 3.05) is 0 Å². The van der Waals surface area contributed by atoms with Crippen LogP contribution in [0.25, 0.3) is 5.76 Å². The second-order valence-electron chi connectivity index (χ2n) is 5.68. The highest BCUT2D eigenvalue weighted by Gasteiger charge is 2.13. The molecule has 27 heavy (non-hydrogen) atoms. The van der Waals surface area contributed by atoms with Crippen LogP contribution < -0.4 is 0 Å². The number of aliphatic hydroxyl groups excluding tert-OH is 1. The molecule has 6 nitrogen and oxygen atoms in total. The first kappa shape index (κ1) is 18.1. The summed E-state index contributed by atoms with van der Waals surface area (Å²) in [6.07, 6.45) is 1.29. The highest BCUT2D eigenvalue weighted by Crippen LogP contribution is 2.17. The smallest absolute Gasteiger partial charge is 0.354 e. The van der Waals surface area contributed by atoms with Crippen LogP contribution in [-0.2, 0) is 6.42 Å². The number of pyridine rings is 1. The minimum Gasteiger partial charge on any atom is -0.506 e. The molecule has 0 saturated heterocycles. The van der Waals surface area contributed by atoms with E-state index in [-0.39, 0.29) is 23.0 Å². The molecule has 0 fully saturated rings. The van der Waals surface area contributed by atoms with Crippen LogP contribution in [0, 0.1) is 5.82 Å². The first-order valence-electron chi connectivity index (χ1n) is 7.91. The lowest BCUT2D eigenvalue weighted by Crippen LogP contribution is -2.03. The Morgan fingerprint density at radius 2 is 1.70 bits per heavy atom. The zero-order valence-electron chi connectivity index (χ0n) is 13.9. The lowest BCUT2D eigenvalue weighted by Gasteiger charge is -2.01. The molecule has 0 radical (unpaired) electrons. The highest BCUT2D eigenvalue weighted by molar-refractivity contribution is 6.05. The lowest BCUT2D eigenvalue weighted by molar-refractivity contribution is 0.0690. The molecule has 0 amide bonds. The maximum absolute atomic E-state index is 12.9. The van der Waals surface area contributed by atoms with Gasteiger partial charge < -0.3 is 14.6 Å². The number of benzene rings is 1. The van der Waals surface area contributed by atoms with Gasteiger partial charge >= 0.3 is 5.97 Å². The first-order valence-corrected chi connectivity index (χ1v) is 7.91. The van der Waals surface area contributed by atoms with Crippen molar-refractivity contribution in [2.45, 2.75) is 6.42 Å². The second kappa shape index (κ2) is 7.65. The Balaban J connectivity index is 1.75. The number of hydrogen-bond acceptors (Lipinski definition) is 5. The number of aromatic nitrogens is 1. The summed E-state index contributed by atoms with van der Waals surface area (Å²) in [7, 11) is 0. The number of aromatic carboxylic acids is 1. The molecule has 0 aliphatic rings. The van der Waals surface area contributed by atoms with Crippen molar-refractivity contribution in [3.8, 4) is 0 Å². The van der Waals surface area contributed by atoms with Crippen molar-refractivity contribution in [1.82, 2.24) is 4.98 Å². The number of furan rings is 1. The predicted molar refractivity (Wildman–Crippen MR) is 94.0 cm³/mol. The Hall–Kier alpha value is -3.74. The third kappa shape index (κ3) is 4.46. The minimum absolute atomic E-state index is 0.00745. The van der Waals surface area contributed by atoms with Gasteiger partial charge in [0.25, 0.3) is 0 Å². The van der Waals surface area contributed by atoms with E-state index in [4.69, 9.17) is 9.52 Å². The predicted octanol–water partition coefficient (Wildman–Crippen LogP) is 3.88. The van der Waals surface area contributed by atoms with Gasteiger partial charge in [0, 0.05) is 12.5 Å². The Bertz CT molecular complexity index is 1020. The van der Waals surface area contributed by atoms with Crippen LogP contribution in [0.4, 0.5) is 4.39 Å². The summed E-state index contributed by atoms with van der Waals surface area (Å²) in [5.41, 5.74) is 0.527. The molecule has 0 unspecified atom stereocenters. The second-order valence-corrected chi connectivity index (χ2v) is 5.68. The molecule has 7 heteroatoms. The molecule has 0 saturated carbocycles. The van der Waals surface area contributed by atoms with Gasteiger partial charge in [-0.15, -0.1) is 0 Å². The Kier molecular flexibility index (Phi) is 5.12. The average Bonchev–Trinajstić information content (AvgIpc) is 3.12. The summed E-state index contributed by atoms with van der Waals surface area (Å²) in [5, 5.41) is 19.0. The Morgan fingerprint density at radius 1 is 1.00 bits per heavy atom. The molecule has 136 valence electrons. The summed E-state index contributed by atoms with van der Waals surface area (Å²) in [5.74, 6) is -2.14. The minimum atomic E-state index is -1.24. The van der Waals surface area contributed by atoms with Crippen LogP contribution in [-0.4, -0.2) is 26.9 Å². The maximum atomic E-state index is 12.9. The van der Waals surface area contributed by atoms with E-state index in [1.807, 2.05) is 0 Å². The number of halogens is 1. The van der Waals surface area contributed by atoms with Crippen molar-refractivity contribution >= 4 is 17.5 Å². The third-order valence-electron chi connectivity index (χ3n) is 3.69. The quantitative estimate of drug-likeness (QED) is 0.389. The van der Waals surface area contributed by atoms with Crippen LogP contribution in [0.15, 0.2) is 65.1 Å². The molecule has 2 heterocycles. The number of allylic oxidation sites excluding steroid dienone is 1. The van der Waals surface area contributed by atoms with Gasteiger partial charge in [0.05, 0.1) is 0 Å². The van der Waals surface area contributed by atoms with E-state index >= 15 is 0 Å². The molecular weight excluding hydrogens is 353 g/mol. The lowest BCUT2D eigenvalue weighted by atomic mass is 10.1. The number of carboxylic acid groups (broad SMARTS) is 1. The van der Waals surface area contributed by atoms with E-state index in [9.17, 15) is 19.1 Å². The fourth-order valence-electron chi connectivity index (χ4n) is 2.37. The van der Waals surface area contributed by atoms with Crippen LogP contribution in [0.1, 0.15) is 38.1 Å². The van der Waals surface area contributed by atoms with E-state index in [0.717, 1.165) is 11.6 Å². The summed E-state index contributed by atoms with van der Waals surface area (Å²) in [6.45, 7) is 0. The van der Waals surface area contributed by atoms with Crippen molar-refractivity contribution in [3.05, 3.63) is 95.0 Å². The fourth-order valence-corrected chi connectivity index (χ4v) is 2.37. The molecule has 0 atom stereocenters. The van der Waals surface area contributed by atoms with E-state index in [0.29, 0.717) is 12.2 Å². The van der Waals surface area contributed by atoms with Gasteiger partial charge in [-0.05, 0) is 42.0 Å². The summed E-state index contributed by atoms with van der Waals surface area (Å²) in [4.78, 5) is 26.9. The van der Waals surface area contributed by atoms with Gasteiger partial charge in [-0.2, -0.15) is 0 Å². The molecule has 0 aliphatic carbocycles. The van der Waals surface area contributed by atoms with E-state index < -0.39 is 17.5 Å². The third-order valence-corrected chi connectivity index (χ3v) is 3.69. The van der Waals surface area contributed by atoms with Crippen molar-refractivity contribution in [1.29, 1.82) is 0 Å². The number of carboxylic acids is 1. The van der Waals surface area contributed by atoms with Crippen LogP contribution in [0.3, 0.4) is 0 Å². The maximum Gasteiger partial charge on any atom is 0.354 e. The summed E-state index contributed by atoms with van der Waals surface area (Å²) in [6, 6.07) is 13.1. The Morgan fingerprint density at radius 3 is 2.41 bits per heavy atom. The molecule has 3 aromatic rings. The zero-order chi connectivity index (χ0) is 19.4. The molecule has 2 N–H and O–H groups in total. The summed E-state index contributed by atoms with van der Waals surface area (Å²) >= 11 is 0. The highest BCUT2D eigenvalue weighted by atomic mass is 19.1. The van der Waals surface area contributed by atoms with Gasteiger partial charge in [-0.1, -0.05) is 18.2 Å². The number of nitrogens with zero attached hydrogens (tertiary/aromatic N) is 1. The van der Waals surface area contributed by atoms with E-state index in [2.05, 4.69) is 4.98 Å². The number of aliphatic hydroxyl groups is 1. The molecule has 0 bridgehead atoms. The monoisotopic (exact) mass is 367 g/mol. The summed E-state index contributed by atoms with van der Waals surface area (Å²) < 4.78 is 18.4. The van der Waals surface area contributed by atoms with Crippen molar-refractivity contribution < 1.29 is 28.6 Å². The van der Waals surface area contributed by atoms with Gasteiger partial charge in [0.15, 0.2) is 5.76 Å². The van der Waals surface area contributed by atoms with Gasteiger partial charge in [-0.3, -0.25) is 4.79 Å². The Labute approximate surface area is 153 Å². The SMILES string of the molecule is O=C(O)c1cccc(C(O)=CC(=O)c2ccc(Cc3ccc(F)cc3)o2)n1. The van der Waals surface area contributed by atoms with Gasteiger partial charge in [-0.25, -0.2) is 14.2 Å².